The number of nitrogens with zero attached hydrogens (tertiary/aromatic N) is 4. The van der Waals surface area contributed by atoms with Gasteiger partial charge in [0.05, 0.1) is 42.1 Å². The monoisotopic (exact) mass is 876 g/mol. The van der Waals surface area contributed by atoms with E-state index < -0.39 is 29.3 Å². The van der Waals surface area contributed by atoms with E-state index in [0.717, 1.165) is 11.1 Å². The Kier molecular flexibility index (Phi) is 15.9. The number of nitrogens with one attached hydrogen (secondary N) is 4. The first-order chi connectivity index (χ1) is 30.8. The summed E-state index contributed by atoms with van der Waals surface area (Å²) in [4.78, 5) is 72.1. The van der Waals surface area contributed by atoms with Gasteiger partial charge in [0.1, 0.15) is 11.4 Å². The predicted octanol–water partition coefficient (Wildman–Crippen LogP) is 6.29. The van der Waals surface area contributed by atoms with Gasteiger partial charge in [-0.05, 0) is 80.5 Å². The minimum atomic E-state index is -0.740. The normalized spacial score (nSPS) is 13.8. The van der Waals surface area contributed by atoms with E-state index in [1.807, 2.05) is 32.0 Å². The number of pyridine rings is 1. The molecule has 1 aliphatic carbocycles. The zero-order chi connectivity index (χ0) is 45.8. The van der Waals surface area contributed by atoms with E-state index >= 15 is 0 Å². The van der Waals surface area contributed by atoms with Crippen LogP contribution in [-0.2, 0) is 20.7 Å². The van der Waals surface area contributed by atoms with Crippen LogP contribution in [0.5, 0.6) is 0 Å². The highest BCUT2D eigenvalue weighted by Gasteiger charge is 2.27. The Morgan fingerprint density at radius 1 is 0.859 bits per heavy atom. The number of anilines is 1. The van der Waals surface area contributed by atoms with E-state index in [4.69, 9.17) is 9.47 Å². The maximum atomic E-state index is 15.0. The van der Waals surface area contributed by atoms with Crippen molar-refractivity contribution < 1.29 is 33.0 Å². The highest BCUT2D eigenvalue weighted by atomic mass is 19.1. The minimum Gasteiger partial charge on any atom is -0.444 e. The van der Waals surface area contributed by atoms with Gasteiger partial charge in [-0.15, -0.1) is 0 Å². The predicted molar refractivity (Wildman–Crippen MR) is 243 cm³/mol. The lowest BCUT2D eigenvalue weighted by Crippen LogP contribution is -2.52. The number of carbonyl (C=O) groups excluding carboxylic acids is 4. The average molecular weight is 877 g/mol. The molecule has 2 fully saturated rings. The third-order valence-electron chi connectivity index (χ3n) is 10.6. The quantitative estimate of drug-likeness (QED) is 0.0872. The molecule has 3 heterocycles. The lowest BCUT2D eigenvalue weighted by Gasteiger charge is -2.35. The van der Waals surface area contributed by atoms with Gasteiger partial charge < -0.3 is 29.9 Å². The largest absolute Gasteiger partial charge is 0.444 e. The van der Waals surface area contributed by atoms with Crippen LogP contribution < -0.4 is 21.5 Å². The maximum absolute atomic E-state index is 15.0. The Bertz CT molecular complexity index is 2510. The average Bonchev–Trinajstić information content (AvgIpc) is 4.15. The zero-order valence-electron chi connectivity index (χ0n) is 37.1. The summed E-state index contributed by atoms with van der Waals surface area (Å²) in [7, 11) is 0. The zero-order valence-corrected chi connectivity index (χ0v) is 37.1. The van der Waals surface area contributed by atoms with Crippen LogP contribution in [0.1, 0.15) is 91.0 Å². The number of carbonyl (C=O) groups is 4. The summed E-state index contributed by atoms with van der Waals surface area (Å²) in [5.41, 5.74) is 3.37. The Hall–Kier alpha value is -6.52. The number of halogens is 1. The molecule has 0 unspecified atom stereocenters. The fourth-order valence-electron chi connectivity index (χ4n) is 7.25. The first-order valence-electron chi connectivity index (χ1n) is 21.8. The lowest BCUT2D eigenvalue weighted by atomic mass is 10.0. The number of hydrogen-bond acceptors (Lipinski definition) is 10. The van der Waals surface area contributed by atoms with E-state index in [1.165, 1.54) is 35.4 Å². The van der Waals surface area contributed by atoms with Gasteiger partial charge in [-0.1, -0.05) is 62.4 Å². The highest BCUT2D eigenvalue weighted by molar-refractivity contribution is 6.02. The number of rotatable bonds is 15. The smallest absolute Gasteiger partial charge is 0.412 e. The van der Waals surface area contributed by atoms with E-state index in [1.54, 1.807) is 62.2 Å². The van der Waals surface area contributed by atoms with Gasteiger partial charge in [-0.25, -0.2) is 19.3 Å². The molecule has 0 atom stereocenters. The number of benzene rings is 3. The molecule has 2 aromatic heterocycles. The van der Waals surface area contributed by atoms with Crippen LogP contribution in [0.25, 0.3) is 21.9 Å². The van der Waals surface area contributed by atoms with Crippen LogP contribution in [-0.4, -0.2) is 113 Å². The van der Waals surface area contributed by atoms with Crippen molar-refractivity contribution in [3.8, 4) is 11.1 Å². The lowest BCUT2D eigenvalue weighted by molar-refractivity contribution is -0.131. The molecule has 7 rings (SSSR count). The molecule has 0 radical (unpaired) electrons. The van der Waals surface area contributed by atoms with Crippen molar-refractivity contribution in [1.29, 1.82) is 0 Å². The number of H-pyrrole nitrogens is 1. The van der Waals surface area contributed by atoms with E-state index in [2.05, 4.69) is 43.3 Å². The van der Waals surface area contributed by atoms with Crippen molar-refractivity contribution in [1.82, 2.24) is 35.6 Å². The van der Waals surface area contributed by atoms with Crippen molar-refractivity contribution in [3.05, 3.63) is 123 Å². The Balaban J connectivity index is 0.00000335. The summed E-state index contributed by atoms with van der Waals surface area (Å²) in [6, 6.07) is 21.4. The molecule has 4 N–H and O–H groups in total. The van der Waals surface area contributed by atoms with Crippen LogP contribution in [0.2, 0.25) is 0 Å². The molecule has 1 aliphatic heterocycles. The second-order valence-corrected chi connectivity index (χ2v) is 16.4. The number of hydrogen-bond donors (Lipinski definition) is 4. The molecule has 5 aromatic rings. The second-order valence-electron chi connectivity index (χ2n) is 16.4. The molecule has 0 bridgehead atoms. The minimum absolute atomic E-state index is 0.0376. The fourth-order valence-corrected chi connectivity index (χ4v) is 7.25. The van der Waals surface area contributed by atoms with Gasteiger partial charge in [0.25, 0.3) is 17.4 Å². The van der Waals surface area contributed by atoms with Gasteiger partial charge in [-0.2, -0.15) is 5.10 Å². The second kappa shape index (κ2) is 21.7. The van der Waals surface area contributed by atoms with E-state index in [9.17, 15) is 28.4 Å². The Morgan fingerprint density at radius 3 is 2.31 bits per heavy atom. The molecule has 0 spiro atoms. The summed E-state index contributed by atoms with van der Waals surface area (Å²) < 4.78 is 26.1. The van der Waals surface area contributed by atoms with Gasteiger partial charge in [0.15, 0.2) is 5.69 Å². The number of aromatic nitrogens is 3. The van der Waals surface area contributed by atoms with Crippen LogP contribution >= 0.6 is 0 Å². The topological polar surface area (TPSA) is 188 Å². The molecular formula is C48H57FN8O7. The van der Waals surface area contributed by atoms with Crippen molar-refractivity contribution >= 4 is 40.3 Å². The summed E-state index contributed by atoms with van der Waals surface area (Å²) in [5.74, 6) is -1.16. The van der Waals surface area contributed by atoms with Crippen molar-refractivity contribution in [2.75, 3.05) is 64.3 Å². The summed E-state index contributed by atoms with van der Waals surface area (Å²) in [5, 5.41) is 16.4. The van der Waals surface area contributed by atoms with Gasteiger partial charge in [0, 0.05) is 62.8 Å². The first kappa shape index (κ1) is 47.0. The first-order valence-corrected chi connectivity index (χ1v) is 21.8. The molecule has 3 aromatic carbocycles. The van der Waals surface area contributed by atoms with Crippen molar-refractivity contribution in [2.45, 2.75) is 65.4 Å². The van der Waals surface area contributed by atoms with Crippen LogP contribution in [0, 0.1) is 5.82 Å². The molecule has 16 heteroatoms. The number of fused-ring (bicyclic) bond motifs is 1. The molecule has 1 saturated carbocycles. The Morgan fingerprint density at radius 2 is 1.58 bits per heavy atom. The Labute approximate surface area is 372 Å². The van der Waals surface area contributed by atoms with Gasteiger partial charge in [0.2, 0.25) is 5.91 Å². The molecular weight excluding hydrogens is 820 g/mol. The molecule has 338 valence electrons. The van der Waals surface area contributed by atoms with Crippen molar-refractivity contribution in [3.63, 3.8) is 0 Å². The molecule has 1 saturated heterocycles. The highest BCUT2D eigenvalue weighted by Crippen LogP contribution is 2.41. The van der Waals surface area contributed by atoms with Gasteiger partial charge in [-0.3, -0.25) is 24.5 Å². The SMILES string of the molecule is CC.CC(C)(C)OC(=O)Nc1cc(-c2cccc(C3CC3)c2)cnc1C(=O)NCCOCCNCC(=O)N1CCN(C(=O)c2cc(Cc3n[nH]c(=O)c4ccccc34)ccc2F)CC1. The van der Waals surface area contributed by atoms with Crippen molar-refractivity contribution in [2.24, 2.45) is 0 Å². The summed E-state index contributed by atoms with van der Waals surface area (Å²) in [6.45, 7) is 11.5. The fraction of sp³-hybridized carbons (Fsp3) is 0.396. The summed E-state index contributed by atoms with van der Waals surface area (Å²) in [6.07, 6.45) is 3.53. The maximum Gasteiger partial charge on any atom is 0.412 e. The number of amides is 4. The van der Waals surface area contributed by atoms with Gasteiger partial charge >= 0.3 is 6.09 Å². The van der Waals surface area contributed by atoms with E-state index in [0.29, 0.717) is 47.6 Å². The summed E-state index contributed by atoms with van der Waals surface area (Å²) >= 11 is 0. The van der Waals surface area contributed by atoms with Crippen LogP contribution in [0.15, 0.2) is 83.8 Å². The third kappa shape index (κ3) is 12.6. The third-order valence-corrected chi connectivity index (χ3v) is 10.6. The molecule has 64 heavy (non-hydrogen) atoms. The van der Waals surface area contributed by atoms with Crippen LogP contribution in [0.3, 0.4) is 0 Å². The number of piperazine rings is 1. The van der Waals surface area contributed by atoms with E-state index in [-0.39, 0.29) is 74.2 Å². The van der Waals surface area contributed by atoms with Crippen LogP contribution in [0.4, 0.5) is 14.9 Å². The molecule has 15 nitrogen and oxygen atoms in total. The molecule has 2 aliphatic rings. The number of ether oxygens (including phenoxy) is 2. The molecule has 4 amide bonds. The number of aromatic amines is 1. The standard InChI is InChI=1S/C46H51FN8O7.C2H6/c1-46(2,3)62-45(60)51-39-26-33(32-8-6-7-31(25-32)30-12-13-30)27-50-41(39)43(58)49-16-22-61-21-15-48-28-40(56)54-17-19-55(20-18-54)44(59)36-23-29(11-14-37(36)47)24-38-34-9-4-5-10-35(34)42(57)53-52-38;1-2/h4-11,14,23,25-27,30,48H,12-13,15-22,24,28H2,1-3H3,(H,49,58)(H,51,60)(H,53,57);1-2H3.